The van der Waals surface area contributed by atoms with E-state index >= 15 is 0 Å². The summed E-state index contributed by atoms with van der Waals surface area (Å²) in [5.74, 6) is 0. The van der Waals surface area contributed by atoms with Crippen LogP contribution < -0.4 is 5.73 Å². The van der Waals surface area contributed by atoms with Gasteiger partial charge in [-0.2, -0.15) is 5.10 Å². The van der Waals surface area contributed by atoms with Crippen molar-refractivity contribution >= 4 is 11.6 Å². The molecule has 90 valence electrons. The summed E-state index contributed by atoms with van der Waals surface area (Å²) in [6.45, 7) is 2.71. The lowest BCUT2D eigenvalue weighted by molar-refractivity contribution is 0.299. The van der Waals surface area contributed by atoms with Gasteiger partial charge in [-0.3, -0.25) is 4.68 Å². The molecule has 0 amide bonds. The Morgan fingerprint density at radius 1 is 1.38 bits per heavy atom. The average Bonchev–Trinajstić information content (AvgIpc) is 2.54. The molecule has 0 atom stereocenters. The second kappa shape index (κ2) is 4.38. The summed E-state index contributed by atoms with van der Waals surface area (Å²) in [6, 6.07) is 0. The monoisotopic (exact) mass is 241 g/mol. The van der Waals surface area contributed by atoms with Gasteiger partial charge >= 0.3 is 0 Å². The van der Waals surface area contributed by atoms with Crippen molar-refractivity contribution < 1.29 is 0 Å². The lowest BCUT2D eigenvalue weighted by Gasteiger charge is -2.36. The second-order valence-electron chi connectivity index (χ2n) is 4.92. The highest BCUT2D eigenvalue weighted by atomic mass is 35.5. The first kappa shape index (κ1) is 11.9. The van der Waals surface area contributed by atoms with Crippen molar-refractivity contribution in [2.24, 2.45) is 12.8 Å². The van der Waals surface area contributed by atoms with Gasteiger partial charge in [0.1, 0.15) is 5.15 Å². The number of halogens is 1. The van der Waals surface area contributed by atoms with E-state index in [0.717, 1.165) is 23.7 Å². The van der Waals surface area contributed by atoms with Crippen molar-refractivity contribution in [1.82, 2.24) is 9.78 Å². The third kappa shape index (κ3) is 1.76. The third-order valence-electron chi connectivity index (χ3n) is 3.88. The van der Waals surface area contributed by atoms with Crippen LogP contribution in [0.2, 0.25) is 5.15 Å². The molecule has 0 spiro atoms. The number of rotatable bonds is 2. The predicted molar refractivity (Wildman–Crippen MR) is 66.8 cm³/mol. The molecule has 0 radical (unpaired) electrons. The third-order valence-corrected chi connectivity index (χ3v) is 4.32. The fourth-order valence-corrected chi connectivity index (χ4v) is 3.39. The summed E-state index contributed by atoms with van der Waals surface area (Å²) in [5, 5.41) is 5.18. The molecular formula is C12H20ClN3. The van der Waals surface area contributed by atoms with E-state index in [0.29, 0.717) is 6.54 Å². The summed E-state index contributed by atoms with van der Waals surface area (Å²) < 4.78 is 1.76. The smallest absolute Gasteiger partial charge is 0.130 e. The second-order valence-corrected chi connectivity index (χ2v) is 5.28. The standard InChI is InChI=1S/C12H20ClN3/c1-9-10(11(13)16(2)15-9)12(8-14)6-4-3-5-7-12/h3-8,14H2,1-2H3. The molecule has 1 fully saturated rings. The number of aromatic nitrogens is 2. The van der Waals surface area contributed by atoms with Gasteiger partial charge in [0.05, 0.1) is 5.69 Å². The molecule has 1 aliphatic rings. The predicted octanol–water partition coefficient (Wildman–Crippen LogP) is 2.54. The normalized spacial score (nSPS) is 20.0. The van der Waals surface area contributed by atoms with Crippen molar-refractivity contribution in [3.05, 3.63) is 16.4 Å². The summed E-state index contributed by atoms with van der Waals surface area (Å²) in [5.41, 5.74) is 8.33. The van der Waals surface area contributed by atoms with Crippen LogP contribution in [0.25, 0.3) is 0 Å². The molecule has 1 aliphatic carbocycles. The van der Waals surface area contributed by atoms with E-state index in [1.807, 2.05) is 14.0 Å². The fourth-order valence-electron chi connectivity index (χ4n) is 3.02. The minimum absolute atomic E-state index is 0.0771. The molecule has 1 aromatic heterocycles. The molecule has 4 heteroatoms. The van der Waals surface area contributed by atoms with Crippen molar-refractivity contribution in [2.45, 2.75) is 44.4 Å². The molecular weight excluding hydrogens is 222 g/mol. The maximum Gasteiger partial charge on any atom is 0.130 e. The van der Waals surface area contributed by atoms with Crippen molar-refractivity contribution in [1.29, 1.82) is 0 Å². The van der Waals surface area contributed by atoms with Gasteiger partial charge in [-0.25, -0.2) is 0 Å². The Hall–Kier alpha value is -0.540. The minimum Gasteiger partial charge on any atom is -0.330 e. The Balaban J connectivity index is 2.46. The van der Waals surface area contributed by atoms with Crippen LogP contribution >= 0.6 is 11.6 Å². The van der Waals surface area contributed by atoms with E-state index in [2.05, 4.69) is 5.10 Å². The molecule has 0 aliphatic heterocycles. The van der Waals surface area contributed by atoms with Crippen LogP contribution in [0.15, 0.2) is 0 Å². The van der Waals surface area contributed by atoms with Gasteiger partial charge in [0, 0.05) is 24.6 Å². The molecule has 3 nitrogen and oxygen atoms in total. The lowest BCUT2D eigenvalue weighted by atomic mass is 9.69. The number of aryl methyl sites for hydroxylation is 2. The van der Waals surface area contributed by atoms with Crippen molar-refractivity contribution in [2.75, 3.05) is 6.54 Å². The van der Waals surface area contributed by atoms with Crippen LogP contribution in [0.4, 0.5) is 0 Å². The molecule has 1 aromatic rings. The topological polar surface area (TPSA) is 43.8 Å². The van der Waals surface area contributed by atoms with Gasteiger partial charge in [0.15, 0.2) is 0 Å². The molecule has 1 saturated carbocycles. The molecule has 0 saturated heterocycles. The maximum atomic E-state index is 6.36. The number of nitrogens with two attached hydrogens (primary N) is 1. The summed E-state index contributed by atoms with van der Waals surface area (Å²) in [7, 11) is 1.89. The Bertz CT molecular complexity index is 378. The molecule has 1 heterocycles. The molecule has 2 N–H and O–H groups in total. The molecule has 0 unspecified atom stereocenters. The van der Waals surface area contributed by atoms with Crippen LogP contribution in [0.1, 0.15) is 43.4 Å². The van der Waals surface area contributed by atoms with Gasteiger partial charge in [-0.05, 0) is 19.8 Å². The summed E-state index contributed by atoms with van der Waals surface area (Å²) >= 11 is 6.36. The minimum atomic E-state index is 0.0771. The fraction of sp³-hybridized carbons (Fsp3) is 0.750. The highest BCUT2D eigenvalue weighted by Crippen LogP contribution is 2.42. The van der Waals surface area contributed by atoms with E-state index in [1.54, 1.807) is 4.68 Å². The van der Waals surface area contributed by atoms with Crippen LogP contribution in [0.5, 0.6) is 0 Å². The van der Waals surface area contributed by atoms with Gasteiger partial charge in [0.25, 0.3) is 0 Å². The average molecular weight is 242 g/mol. The highest BCUT2D eigenvalue weighted by molar-refractivity contribution is 6.30. The van der Waals surface area contributed by atoms with Crippen molar-refractivity contribution in [3.63, 3.8) is 0 Å². The van der Waals surface area contributed by atoms with E-state index in [1.165, 1.54) is 24.8 Å². The summed E-state index contributed by atoms with van der Waals surface area (Å²) in [4.78, 5) is 0. The largest absolute Gasteiger partial charge is 0.330 e. The van der Waals surface area contributed by atoms with E-state index < -0.39 is 0 Å². The van der Waals surface area contributed by atoms with Crippen LogP contribution in [0, 0.1) is 6.92 Å². The van der Waals surface area contributed by atoms with Crippen molar-refractivity contribution in [3.8, 4) is 0 Å². The zero-order valence-electron chi connectivity index (χ0n) is 10.1. The summed E-state index contributed by atoms with van der Waals surface area (Å²) in [6.07, 6.45) is 6.12. The van der Waals surface area contributed by atoms with Crippen LogP contribution in [0.3, 0.4) is 0 Å². The van der Waals surface area contributed by atoms with E-state index in [4.69, 9.17) is 17.3 Å². The zero-order valence-corrected chi connectivity index (χ0v) is 10.8. The van der Waals surface area contributed by atoms with Gasteiger partial charge in [0.2, 0.25) is 0 Å². The Labute approximate surface area is 102 Å². The lowest BCUT2D eigenvalue weighted by Crippen LogP contribution is -2.37. The Morgan fingerprint density at radius 2 is 2.00 bits per heavy atom. The molecule has 0 bridgehead atoms. The molecule has 0 aromatic carbocycles. The van der Waals surface area contributed by atoms with E-state index in [-0.39, 0.29) is 5.41 Å². The SMILES string of the molecule is Cc1nn(C)c(Cl)c1C1(CN)CCCCC1. The van der Waals surface area contributed by atoms with Crippen LogP contribution in [-0.2, 0) is 12.5 Å². The Kier molecular flexibility index (Phi) is 3.27. The first-order valence-electron chi connectivity index (χ1n) is 6.00. The highest BCUT2D eigenvalue weighted by Gasteiger charge is 2.37. The van der Waals surface area contributed by atoms with Gasteiger partial charge in [-0.1, -0.05) is 30.9 Å². The number of nitrogens with zero attached hydrogens (tertiary/aromatic N) is 2. The number of hydrogen-bond acceptors (Lipinski definition) is 2. The van der Waals surface area contributed by atoms with Gasteiger partial charge < -0.3 is 5.73 Å². The maximum absolute atomic E-state index is 6.36. The quantitative estimate of drug-likeness (QED) is 0.865. The molecule has 2 rings (SSSR count). The first-order chi connectivity index (χ1) is 7.60. The number of hydrogen-bond donors (Lipinski definition) is 1. The van der Waals surface area contributed by atoms with E-state index in [9.17, 15) is 0 Å². The van der Waals surface area contributed by atoms with Gasteiger partial charge in [-0.15, -0.1) is 0 Å². The Morgan fingerprint density at radius 3 is 2.44 bits per heavy atom. The van der Waals surface area contributed by atoms with Crippen LogP contribution in [-0.4, -0.2) is 16.3 Å². The first-order valence-corrected chi connectivity index (χ1v) is 6.38. The molecule has 16 heavy (non-hydrogen) atoms. The zero-order chi connectivity index (χ0) is 11.8.